The highest BCUT2D eigenvalue weighted by Gasteiger charge is 2.48. The number of carbonyl (C=O) groups excluding carboxylic acids is 2. The maximum Gasteiger partial charge on any atom is 0.246 e. The van der Waals surface area contributed by atoms with E-state index >= 15 is 0 Å². The van der Waals surface area contributed by atoms with Gasteiger partial charge < -0.3 is 15.1 Å². The van der Waals surface area contributed by atoms with Gasteiger partial charge in [0.05, 0.1) is 8.07 Å². The third kappa shape index (κ3) is 9.45. The Bertz CT molecular complexity index is 612. The normalized spacial score (nSPS) is 13.0. The van der Waals surface area contributed by atoms with Crippen LogP contribution < -0.4 is 10.6 Å². The van der Waals surface area contributed by atoms with E-state index in [9.17, 15) is 9.59 Å². The van der Waals surface area contributed by atoms with E-state index in [1.54, 1.807) is 13.8 Å². The van der Waals surface area contributed by atoms with E-state index in [1.165, 1.54) is 0 Å². The van der Waals surface area contributed by atoms with Crippen LogP contribution in [-0.4, -0.2) is 46.5 Å². The van der Waals surface area contributed by atoms with Crippen LogP contribution in [0.1, 0.15) is 60.8 Å². The molecule has 0 rings (SSSR count). The molecule has 31 heavy (non-hydrogen) atoms. The van der Waals surface area contributed by atoms with Crippen LogP contribution in [-0.2, 0) is 14.0 Å². The Hall–Kier alpha value is -1.19. The molecule has 5 nitrogen and oxygen atoms in total. The molecule has 0 aliphatic heterocycles. The summed E-state index contributed by atoms with van der Waals surface area (Å²) in [5, 5.41) is 5.79. The molecule has 0 bridgehead atoms. The van der Waals surface area contributed by atoms with E-state index in [0.29, 0.717) is 24.2 Å². The Kier molecular flexibility index (Phi) is 11.2. The van der Waals surface area contributed by atoms with E-state index in [-0.39, 0.29) is 22.1 Å². The summed E-state index contributed by atoms with van der Waals surface area (Å²) in [6, 6.07) is 1.09. The van der Waals surface area contributed by atoms with Crippen molar-refractivity contribution in [2.75, 3.05) is 13.1 Å². The molecule has 0 saturated heterocycles. The second-order valence-electron chi connectivity index (χ2n) is 11.2. The predicted molar refractivity (Wildman–Crippen MR) is 138 cm³/mol. The van der Waals surface area contributed by atoms with Crippen molar-refractivity contribution >= 4 is 28.2 Å². The van der Waals surface area contributed by atoms with Crippen LogP contribution in [0, 0.1) is 0 Å². The fourth-order valence-corrected chi connectivity index (χ4v) is 9.15. The Morgan fingerprint density at radius 3 is 1.68 bits per heavy atom. The lowest BCUT2D eigenvalue weighted by Gasteiger charge is -2.50. The van der Waals surface area contributed by atoms with Gasteiger partial charge in [-0.15, -0.1) is 0 Å². The number of hydrogen-bond acceptors (Lipinski definition) is 3. The number of hydrogen-bond donors (Lipinski definition) is 2. The van der Waals surface area contributed by atoms with Gasteiger partial charge in [0.1, 0.15) is 0 Å². The summed E-state index contributed by atoms with van der Waals surface area (Å²) in [4.78, 5) is 23.4. The number of amides is 2. The first-order valence-corrected chi connectivity index (χ1v) is 17.6. The quantitative estimate of drug-likeness (QED) is 0.199. The average molecular weight is 469 g/mol. The Balaban J connectivity index is 4.88. The highest BCUT2D eigenvalue weighted by atomic mass is 28.4. The van der Waals surface area contributed by atoms with Crippen LogP contribution in [0.2, 0.25) is 37.3 Å². The first-order chi connectivity index (χ1) is 13.9. The molecule has 0 spiro atoms. The zero-order valence-corrected chi connectivity index (χ0v) is 23.9. The minimum atomic E-state index is -2.03. The van der Waals surface area contributed by atoms with Crippen LogP contribution in [0.3, 0.4) is 0 Å². The summed E-state index contributed by atoms with van der Waals surface area (Å²) in [5.74, 6) is -0.136. The van der Waals surface area contributed by atoms with Crippen LogP contribution >= 0.6 is 0 Å². The van der Waals surface area contributed by atoms with Gasteiger partial charge in [-0.2, -0.15) is 0 Å². The summed E-state index contributed by atoms with van der Waals surface area (Å²) in [5.41, 5.74) is 1.10. The molecular formula is C24H48N2O3Si2. The second kappa shape index (κ2) is 11.6. The molecule has 0 aromatic carbocycles. The zero-order valence-electron chi connectivity index (χ0n) is 21.9. The molecule has 2 N–H and O–H groups in total. The van der Waals surface area contributed by atoms with Crippen LogP contribution in [0.25, 0.3) is 0 Å². The maximum atomic E-state index is 11.7. The van der Waals surface area contributed by atoms with Gasteiger partial charge >= 0.3 is 0 Å². The summed E-state index contributed by atoms with van der Waals surface area (Å²) < 4.78 is 6.99. The second-order valence-corrected chi connectivity index (χ2v) is 21.2. The number of nitrogens with one attached hydrogen (secondary N) is 2. The highest BCUT2D eigenvalue weighted by Crippen LogP contribution is 2.45. The van der Waals surface area contributed by atoms with Gasteiger partial charge in [-0.25, -0.2) is 0 Å². The largest absolute Gasteiger partial charge is 0.415 e. The fraction of sp³-hybridized carbons (Fsp3) is 0.750. The molecule has 0 atom stereocenters. The molecule has 180 valence electrons. The Labute approximate surface area is 193 Å². The Morgan fingerprint density at radius 2 is 1.26 bits per heavy atom. The summed E-state index contributed by atoms with van der Waals surface area (Å²) in [7, 11) is -3.74. The van der Waals surface area contributed by atoms with Crippen molar-refractivity contribution in [1.29, 1.82) is 0 Å². The molecule has 2 amide bonds. The van der Waals surface area contributed by atoms with E-state index in [1.807, 2.05) is 0 Å². The summed E-state index contributed by atoms with van der Waals surface area (Å²) >= 11 is 0. The maximum absolute atomic E-state index is 11.7. The lowest BCUT2D eigenvalue weighted by atomic mass is 10.1. The van der Waals surface area contributed by atoms with Crippen LogP contribution in [0.4, 0.5) is 0 Å². The van der Waals surface area contributed by atoms with Gasteiger partial charge in [0, 0.05) is 29.5 Å². The van der Waals surface area contributed by atoms with Gasteiger partial charge in [-0.1, -0.05) is 46.1 Å². The molecule has 0 heterocycles. The van der Waals surface area contributed by atoms with Gasteiger partial charge in [-0.05, 0) is 65.1 Å². The molecule has 0 radical (unpaired) electrons. The van der Waals surface area contributed by atoms with Crippen molar-refractivity contribution < 1.29 is 14.0 Å². The van der Waals surface area contributed by atoms with Gasteiger partial charge in [-0.3, -0.25) is 9.59 Å². The molecule has 0 aromatic rings. The van der Waals surface area contributed by atoms with Gasteiger partial charge in [0.25, 0.3) is 0 Å². The lowest BCUT2D eigenvalue weighted by molar-refractivity contribution is -0.118. The standard InChI is InChI=1S/C24H48N2O3Si2/c1-19(2)21(27)25-16-13-15-23(5,6)31(11,12)29-24(7,8)30(9,10)18-14-17-26-22(28)20(3)4/h1,3,13-18H2,2,4-12H3,(H,25,27)(H,26,28). The third-order valence-electron chi connectivity index (χ3n) is 7.07. The van der Waals surface area contributed by atoms with E-state index in [4.69, 9.17) is 4.43 Å². The van der Waals surface area contributed by atoms with E-state index < -0.39 is 16.4 Å². The molecule has 0 aliphatic carbocycles. The average Bonchev–Trinajstić information content (AvgIpc) is 2.60. The third-order valence-corrected chi connectivity index (χ3v) is 16.8. The van der Waals surface area contributed by atoms with Crippen molar-refractivity contribution in [3.05, 3.63) is 24.3 Å². The molecule has 0 aliphatic rings. The first kappa shape index (κ1) is 29.8. The zero-order chi connectivity index (χ0) is 24.7. The van der Waals surface area contributed by atoms with Crippen molar-refractivity contribution in [2.45, 2.75) is 103 Å². The highest BCUT2D eigenvalue weighted by molar-refractivity contribution is 6.82. The molecule has 0 fully saturated rings. The summed E-state index contributed by atoms with van der Waals surface area (Å²) in [6.45, 7) is 30.7. The predicted octanol–water partition coefficient (Wildman–Crippen LogP) is 5.57. The summed E-state index contributed by atoms with van der Waals surface area (Å²) in [6.07, 6.45) is 2.89. The topological polar surface area (TPSA) is 67.4 Å². The van der Waals surface area contributed by atoms with Crippen molar-refractivity contribution in [3.8, 4) is 0 Å². The van der Waals surface area contributed by atoms with Crippen molar-refractivity contribution in [3.63, 3.8) is 0 Å². The fourth-order valence-electron chi connectivity index (χ4n) is 3.28. The minimum Gasteiger partial charge on any atom is -0.415 e. The SMILES string of the molecule is C=C(C)C(=O)NCCCC(C)(C)[Si](C)(C)OC(C)(C)[Si](C)(C)CCCNC(=O)C(=C)C. The van der Waals surface area contributed by atoms with Crippen molar-refractivity contribution in [1.82, 2.24) is 10.6 Å². The first-order valence-electron chi connectivity index (χ1n) is 11.4. The van der Waals surface area contributed by atoms with Gasteiger partial charge in [0.15, 0.2) is 8.32 Å². The lowest BCUT2D eigenvalue weighted by Crippen LogP contribution is -2.59. The van der Waals surface area contributed by atoms with Gasteiger partial charge in [0.2, 0.25) is 11.8 Å². The molecule has 0 saturated carbocycles. The minimum absolute atomic E-state index is 0.0651. The number of carbonyl (C=O) groups is 2. The van der Waals surface area contributed by atoms with E-state index in [0.717, 1.165) is 25.3 Å². The smallest absolute Gasteiger partial charge is 0.246 e. The van der Waals surface area contributed by atoms with Crippen molar-refractivity contribution in [2.24, 2.45) is 0 Å². The van der Waals surface area contributed by atoms with Crippen LogP contribution in [0.5, 0.6) is 0 Å². The Morgan fingerprint density at radius 1 is 0.839 bits per heavy atom. The van der Waals surface area contributed by atoms with E-state index in [2.05, 4.69) is 77.7 Å². The monoisotopic (exact) mass is 468 g/mol. The molecule has 0 unspecified atom stereocenters. The molecule has 0 aromatic heterocycles. The molecular weight excluding hydrogens is 420 g/mol. The van der Waals surface area contributed by atoms with Crippen LogP contribution in [0.15, 0.2) is 24.3 Å². The molecule has 7 heteroatoms. The number of rotatable bonds is 14.